The third kappa shape index (κ3) is 11.1. The van der Waals surface area contributed by atoms with Crippen molar-refractivity contribution in [3.63, 3.8) is 0 Å². The molecule has 1 radical (unpaired) electrons. The molecular weight excluding hydrogens is 1170 g/mol. The third-order valence-electron chi connectivity index (χ3n) is 16.1. The zero-order chi connectivity index (χ0) is 63.6. The van der Waals surface area contributed by atoms with Crippen molar-refractivity contribution in [1.82, 2.24) is 14.5 Å². The van der Waals surface area contributed by atoms with E-state index in [1.807, 2.05) is 103 Å². The predicted octanol–water partition coefficient (Wildman–Crippen LogP) is 20.4. The first-order chi connectivity index (χ1) is 39.5. The second-order valence-electron chi connectivity index (χ2n) is 24.9. The quantitative estimate of drug-likeness (QED) is 0.112. The summed E-state index contributed by atoms with van der Waals surface area (Å²) in [6, 6.07) is 36.1. The summed E-state index contributed by atoms with van der Waals surface area (Å²) in [6.45, 7) is 17.4. The number of hydrogen-bond donors (Lipinski definition) is 0. The van der Waals surface area contributed by atoms with Crippen molar-refractivity contribution in [2.24, 2.45) is 27.1 Å². The average molecular weight is 1250 g/mol. The van der Waals surface area contributed by atoms with Gasteiger partial charge in [-0.25, -0.2) is 0 Å². The van der Waals surface area contributed by atoms with Crippen LogP contribution in [0.25, 0.3) is 61.3 Å². The first-order valence-corrected chi connectivity index (χ1v) is 26.6. The number of rotatable bonds is 8. The second kappa shape index (κ2) is 21.3. The van der Waals surface area contributed by atoms with Crippen LogP contribution in [0.3, 0.4) is 0 Å². The van der Waals surface area contributed by atoms with Gasteiger partial charge in [-0.3, -0.25) is 4.98 Å². The van der Waals surface area contributed by atoms with E-state index in [0.29, 0.717) is 35.5 Å². The summed E-state index contributed by atoms with van der Waals surface area (Å²) in [5.41, 5.74) is 2.10. The first-order valence-electron chi connectivity index (χ1n) is 31.1. The molecule has 0 saturated heterocycles. The molecule has 78 heavy (non-hydrogen) atoms. The van der Waals surface area contributed by atoms with Crippen LogP contribution in [0.2, 0.25) is 0 Å². The zero-order valence-corrected chi connectivity index (χ0v) is 48.7. The van der Waals surface area contributed by atoms with Crippen LogP contribution in [-0.4, -0.2) is 26.9 Å². The molecular formula is C67H75F6IrN3O-2. The van der Waals surface area contributed by atoms with Crippen molar-refractivity contribution in [2.75, 3.05) is 0 Å². The molecule has 0 unspecified atom stereocenters. The number of alkyl halides is 6. The van der Waals surface area contributed by atoms with E-state index in [0.717, 1.165) is 55.3 Å². The van der Waals surface area contributed by atoms with Gasteiger partial charge in [0, 0.05) is 49.7 Å². The molecule has 2 aliphatic rings. The van der Waals surface area contributed by atoms with Gasteiger partial charge < -0.3 is 14.0 Å². The molecule has 0 N–H and O–H groups in total. The minimum Gasteiger partial charge on any atom is -0.501 e. The molecule has 4 nitrogen and oxygen atoms in total. The molecule has 0 amide bonds. The molecule has 0 bridgehead atoms. The Labute approximate surface area is 484 Å². The Morgan fingerprint density at radius 3 is 1.99 bits per heavy atom. The number of halogens is 6. The fourth-order valence-corrected chi connectivity index (χ4v) is 13.0. The summed E-state index contributed by atoms with van der Waals surface area (Å²) < 4.78 is 167. The topological polar surface area (TPSA) is 43.9 Å². The molecule has 2 aliphatic carbocycles. The monoisotopic (exact) mass is 1250 g/mol. The van der Waals surface area contributed by atoms with Gasteiger partial charge in [-0.15, -0.1) is 53.6 Å². The van der Waals surface area contributed by atoms with E-state index in [2.05, 4.69) is 67.6 Å². The van der Waals surface area contributed by atoms with Crippen LogP contribution in [0.4, 0.5) is 26.3 Å². The number of hydrogen-bond acceptors (Lipinski definition) is 3. The Bertz CT molecular complexity index is 3760. The maximum Gasteiger partial charge on any atom is 0.403 e. The van der Waals surface area contributed by atoms with Gasteiger partial charge in [-0.2, -0.15) is 26.3 Å². The number of para-hydroxylation sites is 3. The largest absolute Gasteiger partial charge is 0.501 e. The Hall–Kier alpha value is -5.25. The maximum absolute atomic E-state index is 14.2. The van der Waals surface area contributed by atoms with Crippen LogP contribution in [0.5, 0.6) is 0 Å². The van der Waals surface area contributed by atoms with Crippen LogP contribution >= 0.6 is 0 Å². The summed E-state index contributed by atoms with van der Waals surface area (Å²) in [5.74, 6) is -0.580. The number of furan rings is 1. The summed E-state index contributed by atoms with van der Waals surface area (Å²) in [5, 5.41) is 1.96. The van der Waals surface area contributed by atoms with E-state index in [9.17, 15) is 27.7 Å². The Morgan fingerprint density at radius 1 is 0.782 bits per heavy atom. The average Bonchev–Trinajstić information content (AvgIpc) is 0.983. The number of pyridine rings is 1. The van der Waals surface area contributed by atoms with Gasteiger partial charge in [-0.1, -0.05) is 148 Å². The SMILES string of the molecule is [2H]C([2H])([2H])c1c[c-]c(-c2cc(C([2H])([2H])[2H])c(C([2H])([2H])CC(C)(C)C)cn2)cc1.[2H]C1(c2cc(C(C)C)c(-n3c(-c4[c-]ccc5c4oc4ccccc45)nc4ccccc43)c(C(C)C)c2)C(C)(C)CC2(CCC(C(F)(F)F)(C(F)(F)F)CC2)CC1(C)C.[Ir]. The standard InChI is InChI=1S/C48H51F6N2O.C19H24N.Ir/c1-28(2)34-24-30(41-43(5,6)26-45(27-44(41,7)8)20-22-46(23-21-45,47(49,50)51)48(52,53)54)25-35(29(3)4)39(34)56-37-18-11-10-17-36(37)55-42(56)33-16-13-15-32-31-14-9-12-19-38(31)57-40(32)33;1-14-6-8-16(9-7-14)18-12-15(2)17(13-20-18)10-11-19(3,4)5;/h9-15,17-19,24-25,28-29,41H,20-23,26-27H2,1-8H3;6-8,12-13H,10-11H2,1-5H3;/q2*-1;/i41D;1D3,2D3,10D2;. The van der Waals surface area contributed by atoms with Crippen LogP contribution in [-0.2, 0) is 26.5 Å². The van der Waals surface area contributed by atoms with Gasteiger partial charge in [0.2, 0.25) is 0 Å². The van der Waals surface area contributed by atoms with E-state index in [1.165, 1.54) is 30.5 Å². The number of aryl methyl sites for hydroxylation is 3. The minimum absolute atomic E-state index is 0. The molecule has 1 spiro atoms. The second-order valence-corrected chi connectivity index (χ2v) is 24.9. The minimum atomic E-state index is -5.38. The van der Waals surface area contributed by atoms with Crippen molar-refractivity contribution in [3.05, 3.63) is 149 Å². The van der Waals surface area contributed by atoms with Gasteiger partial charge in [0.25, 0.3) is 0 Å². The molecule has 11 heteroatoms. The smallest absolute Gasteiger partial charge is 0.403 e. The Morgan fingerprint density at radius 2 is 1.41 bits per heavy atom. The van der Waals surface area contributed by atoms with Crippen LogP contribution in [0, 0.1) is 52.9 Å². The van der Waals surface area contributed by atoms with E-state index in [4.69, 9.17) is 20.4 Å². The first kappa shape index (κ1) is 47.5. The van der Waals surface area contributed by atoms with Crippen molar-refractivity contribution in [3.8, 4) is 28.3 Å². The van der Waals surface area contributed by atoms with Gasteiger partial charge in [0.05, 0.1) is 22.4 Å². The fraction of sp³-hybridized carbons (Fsp3) is 0.463. The van der Waals surface area contributed by atoms with E-state index in [1.54, 1.807) is 0 Å². The summed E-state index contributed by atoms with van der Waals surface area (Å²) >= 11 is 0. The summed E-state index contributed by atoms with van der Waals surface area (Å²) in [4.78, 5) is 9.48. The van der Waals surface area contributed by atoms with Crippen molar-refractivity contribution < 1.29 is 63.2 Å². The molecule has 3 aromatic heterocycles. The van der Waals surface area contributed by atoms with Gasteiger partial charge >= 0.3 is 12.4 Å². The van der Waals surface area contributed by atoms with E-state index < -0.39 is 72.8 Å². The molecule has 8 aromatic rings. The molecule has 5 aromatic carbocycles. The molecule has 0 aliphatic heterocycles. The number of imidazole rings is 1. The van der Waals surface area contributed by atoms with Crippen LogP contribution < -0.4 is 0 Å². The Kier molecular flexibility index (Phi) is 13.0. The molecule has 417 valence electrons. The van der Waals surface area contributed by atoms with Gasteiger partial charge in [-0.05, 0) is 144 Å². The number of benzene rings is 5. The third-order valence-corrected chi connectivity index (χ3v) is 16.1. The van der Waals surface area contributed by atoms with E-state index >= 15 is 0 Å². The zero-order valence-electron chi connectivity index (χ0n) is 55.3. The number of nitrogens with zero attached hydrogens (tertiary/aromatic N) is 3. The van der Waals surface area contributed by atoms with Crippen molar-refractivity contribution in [2.45, 2.75) is 171 Å². The van der Waals surface area contributed by atoms with Gasteiger partial charge in [0.15, 0.2) is 5.41 Å². The fourth-order valence-electron chi connectivity index (χ4n) is 13.0. The normalized spacial score (nSPS) is 20.1. The predicted molar refractivity (Wildman–Crippen MR) is 302 cm³/mol. The van der Waals surface area contributed by atoms with Gasteiger partial charge in [0.1, 0.15) is 5.58 Å². The summed E-state index contributed by atoms with van der Waals surface area (Å²) in [6.07, 6.45) is -12.9. The molecule has 0 atom stereocenters. The van der Waals surface area contributed by atoms with Crippen LogP contribution in [0.15, 0.2) is 108 Å². The molecule has 2 saturated carbocycles. The van der Waals surface area contributed by atoms with Crippen molar-refractivity contribution >= 4 is 33.0 Å². The molecule has 3 heterocycles. The van der Waals surface area contributed by atoms with Crippen LogP contribution in [0.1, 0.15) is 185 Å². The Balaban J connectivity index is 0.000000285. The van der Waals surface area contributed by atoms with Crippen molar-refractivity contribution in [1.29, 1.82) is 0 Å². The maximum atomic E-state index is 14.2. The number of aromatic nitrogens is 3. The summed E-state index contributed by atoms with van der Waals surface area (Å²) in [7, 11) is 0. The molecule has 2 fully saturated rings. The van der Waals surface area contributed by atoms with E-state index in [-0.39, 0.29) is 73.3 Å². The number of fused-ring (bicyclic) bond motifs is 4. The molecule has 10 rings (SSSR count).